The van der Waals surface area contributed by atoms with Crippen molar-refractivity contribution in [1.29, 1.82) is 0 Å². The summed E-state index contributed by atoms with van der Waals surface area (Å²) in [5, 5.41) is 15.5. The maximum absolute atomic E-state index is 12.4. The number of carbonyl (C=O) groups excluding carboxylic acids is 2. The summed E-state index contributed by atoms with van der Waals surface area (Å²) < 4.78 is 11.8. The predicted octanol–water partition coefficient (Wildman–Crippen LogP) is 3.33. The molecule has 2 N–H and O–H groups in total. The van der Waals surface area contributed by atoms with Gasteiger partial charge in [-0.2, -0.15) is 0 Å². The van der Waals surface area contributed by atoms with Crippen molar-refractivity contribution in [2.24, 2.45) is 0 Å². The molecule has 2 aliphatic heterocycles. The largest absolute Gasteiger partial charge is 0.492 e. The van der Waals surface area contributed by atoms with Gasteiger partial charge in [-0.15, -0.1) is 0 Å². The quantitative estimate of drug-likeness (QED) is 0.596. The first kappa shape index (κ1) is 21.0. The van der Waals surface area contributed by atoms with E-state index in [1.165, 1.54) is 0 Å². The van der Waals surface area contributed by atoms with Crippen molar-refractivity contribution in [2.75, 3.05) is 26.2 Å². The number of likely N-dealkylation sites (tertiary alicyclic amines) is 1. The first-order valence-electron chi connectivity index (χ1n) is 11.2. The topological polar surface area (TPSA) is 92.0 Å². The van der Waals surface area contributed by atoms with Gasteiger partial charge in [0.25, 0.3) is 0 Å². The predicted molar refractivity (Wildman–Crippen MR) is 121 cm³/mol. The highest BCUT2D eigenvalue weighted by atomic mass is 16.5. The van der Waals surface area contributed by atoms with E-state index in [0.29, 0.717) is 19.4 Å². The standard InChI is InChI=1S/C25H28N2O5/c1-25(30)8-10-27(11-9-25)12-13-31-17-3-4-18-16(14-17)2-6-21-23(18)20(15-32-21)19-5-7-22(28)26-24(19)29/h2-4,6,14-15,19,30H,5,7-13H2,1H3,(H,26,28,29)/t19-/m0/s1. The Kier molecular flexibility index (Phi) is 5.39. The van der Waals surface area contributed by atoms with E-state index in [4.69, 9.17) is 9.15 Å². The lowest BCUT2D eigenvalue weighted by Gasteiger charge is -2.35. The maximum Gasteiger partial charge on any atom is 0.234 e. The highest BCUT2D eigenvalue weighted by molar-refractivity contribution is 6.10. The van der Waals surface area contributed by atoms with E-state index in [2.05, 4.69) is 10.2 Å². The molecular formula is C25H28N2O5. The number of hydrogen-bond donors (Lipinski definition) is 2. The Morgan fingerprint density at radius 3 is 2.81 bits per heavy atom. The second-order valence-electron chi connectivity index (χ2n) is 9.20. The molecule has 7 nitrogen and oxygen atoms in total. The van der Waals surface area contributed by atoms with Crippen LogP contribution in [-0.2, 0) is 9.59 Å². The summed E-state index contributed by atoms with van der Waals surface area (Å²) in [6.07, 6.45) is 4.05. The van der Waals surface area contributed by atoms with Gasteiger partial charge < -0.3 is 14.3 Å². The zero-order valence-electron chi connectivity index (χ0n) is 18.2. The van der Waals surface area contributed by atoms with Gasteiger partial charge in [0, 0.05) is 37.0 Å². The van der Waals surface area contributed by atoms with Gasteiger partial charge in [-0.05, 0) is 61.2 Å². The number of hydrogen-bond acceptors (Lipinski definition) is 6. The van der Waals surface area contributed by atoms with Crippen molar-refractivity contribution in [3.63, 3.8) is 0 Å². The first-order chi connectivity index (χ1) is 15.4. The van der Waals surface area contributed by atoms with Crippen LogP contribution in [0, 0.1) is 0 Å². The normalized spacial score (nSPS) is 21.8. The van der Waals surface area contributed by atoms with Crippen LogP contribution in [0.15, 0.2) is 41.0 Å². The minimum absolute atomic E-state index is 0.222. The smallest absolute Gasteiger partial charge is 0.234 e. The van der Waals surface area contributed by atoms with E-state index in [1.807, 2.05) is 37.3 Å². The fourth-order valence-corrected chi connectivity index (χ4v) is 4.76. The lowest BCUT2D eigenvalue weighted by atomic mass is 9.89. The van der Waals surface area contributed by atoms with Gasteiger partial charge in [0.05, 0.1) is 17.8 Å². The van der Waals surface area contributed by atoms with Crippen LogP contribution in [0.2, 0.25) is 0 Å². The van der Waals surface area contributed by atoms with E-state index in [-0.39, 0.29) is 17.7 Å². The number of fused-ring (bicyclic) bond motifs is 3. The molecule has 7 heteroatoms. The molecule has 0 radical (unpaired) electrons. The molecule has 2 aliphatic rings. The number of rotatable bonds is 5. The number of carbonyl (C=O) groups is 2. The summed E-state index contributed by atoms with van der Waals surface area (Å²) in [5.74, 6) is -0.0755. The zero-order chi connectivity index (χ0) is 22.3. The number of imide groups is 1. The van der Waals surface area contributed by atoms with Crippen molar-refractivity contribution >= 4 is 33.6 Å². The van der Waals surface area contributed by atoms with Gasteiger partial charge in [0.15, 0.2) is 0 Å². The lowest BCUT2D eigenvalue weighted by Crippen LogP contribution is -2.43. The summed E-state index contributed by atoms with van der Waals surface area (Å²) in [7, 11) is 0. The third-order valence-electron chi connectivity index (χ3n) is 6.78. The number of piperidine rings is 2. The molecule has 0 aliphatic carbocycles. The molecular weight excluding hydrogens is 408 g/mol. The summed E-state index contributed by atoms with van der Waals surface area (Å²) in [5.41, 5.74) is 1.01. The third kappa shape index (κ3) is 4.10. The Morgan fingerprint density at radius 2 is 2.03 bits per heavy atom. The lowest BCUT2D eigenvalue weighted by molar-refractivity contribution is -0.134. The average Bonchev–Trinajstić information content (AvgIpc) is 3.19. The molecule has 2 saturated heterocycles. The fraction of sp³-hybridized carbons (Fsp3) is 0.440. The Hall–Kier alpha value is -2.90. The summed E-state index contributed by atoms with van der Waals surface area (Å²) in [6, 6.07) is 9.88. The van der Waals surface area contributed by atoms with Gasteiger partial charge in [-0.25, -0.2) is 0 Å². The Morgan fingerprint density at radius 1 is 1.22 bits per heavy atom. The zero-order valence-corrected chi connectivity index (χ0v) is 18.2. The van der Waals surface area contributed by atoms with Crippen LogP contribution < -0.4 is 10.1 Å². The van der Waals surface area contributed by atoms with Crippen LogP contribution in [-0.4, -0.2) is 53.7 Å². The number of benzene rings is 2. The molecule has 3 heterocycles. The van der Waals surface area contributed by atoms with Gasteiger partial charge >= 0.3 is 0 Å². The Balaban J connectivity index is 1.33. The van der Waals surface area contributed by atoms with Gasteiger partial charge in [0.2, 0.25) is 11.8 Å². The van der Waals surface area contributed by atoms with Gasteiger partial charge in [0.1, 0.15) is 17.9 Å². The molecule has 32 heavy (non-hydrogen) atoms. The van der Waals surface area contributed by atoms with E-state index in [1.54, 1.807) is 6.26 Å². The minimum atomic E-state index is -0.541. The molecule has 2 aromatic carbocycles. The molecule has 1 atom stereocenters. The summed E-state index contributed by atoms with van der Waals surface area (Å²) >= 11 is 0. The van der Waals surface area contributed by atoms with Crippen molar-refractivity contribution in [2.45, 2.75) is 44.1 Å². The minimum Gasteiger partial charge on any atom is -0.492 e. The molecule has 0 saturated carbocycles. The van der Waals surface area contributed by atoms with Crippen molar-refractivity contribution < 1.29 is 23.8 Å². The van der Waals surface area contributed by atoms with Crippen LogP contribution in [0.5, 0.6) is 5.75 Å². The molecule has 168 valence electrons. The van der Waals surface area contributed by atoms with Gasteiger partial charge in [-0.3, -0.25) is 19.8 Å². The van der Waals surface area contributed by atoms with Crippen molar-refractivity contribution in [1.82, 2.24) is 10.2 Å². The number of nitrogens with one attached hydrogen (secondary N) is 1. The third-order valence-corrected chi connectivity index (χ3v) is 6.78. The molecule has 2 fully saturated rings. The number of amides is 2. The summed E-state index contributed by atoms with van der Waals surface area (Å²) in [6.45, 7) is 5.08. The van der Waals surface area contributed by atoms with E-state index >= 15 is 0 Å². The second kappa shape index (κ2) is 8.22. The molecule has 0 unspecified atom stereocenters. The average molecular weight is 437 g/mol. The number of ether oxygens (including phenoxy) is 1. The van der Waals surface area contributed by atoms with Crippen molar-refractivity contribution in [3.8, 4) is 5.75 Å². The number of furan rings is 1. The molecule has 1 aromatic heterocycles. The van der Waals surface area contributed by atoms with Crippen LogP contribution in [0.4, 0.5) is 0 Å². The number of nitrogens with zero attached hydrogens (tertiary/aromatic N) is 1. The Bertz CT molecular complexity index is 1170. The van der Waals surface area contributed by atoms with Crippen molar-refractivity contribution in [3.05, 3.63) is 42.2 Å². The molecule has 0 bridgehead atoms. The molecule has 5 rings (SSSR count). The maximum atomic E-state index is 12.4. The molecule has 3 aromatic rings. The van der Waals surface area contributed by atoms with Gasteiger partial charge in [-0.1, -0.05) is 6.07 Å². The first-order valence-corrected chi connectivity index (χ1v) is 11.2. The monoisotopic (exact) mass is 436 g/mol. The summed E-state index contributed by atoms with van der Waals surface area (Å²) in [4.78, 5) is 26.3. The van der Waals surface area contributed by atoms with Crippen LogP contribution in [0.25, 0.3) is 21.7 Å². The highest BCUT2D eigenvalue weighted by Crippen LogP contribution is 2.37. The van der Waals surface area contributed by atoms with E-state index in [0.717, 1.165) is 65.5 Å². The highest BCUT2D eigenvalue weighted by Gasteiger charge is 2.31. The molecule has 0 spiro atoms. The Labute approximate surface area is 186 Å². The fourth-order valence-electron chi connectivity index (χ4n) is 4.76. The molecule has 2 amide bonds. The van der Waals surface area contributed by atoms with E-state index in [9.17, 15) is 14.7 Å². The number of aliphatic hydroxyl groups is 1. The SMILES string of the molecule is CC1(O)CCN(CCOc2ccc3c(ccc4occ([C@@H]5CCC(=O)NC5=O)c43)c2)CC1. The van der Waals surface area contributed by atoms with E-state index < -0.39 is 5.60 Å². The van der Waals surface area contributed by atoms with Crippen LogP contribution in [0.3, 0.4) is 0 Å². The van der Waals surface area contributed by atoms with Crippen LogP contribution in [0.1, 0.15) is 44.1 Å². The van der Waals surface area contributed by atoms with Crippen LogP contribution >= 0.6 is 0 Å². The second-order valence-corrected chi connectivity index (χ2v) is 9.20.